The van der Waals surface area contributed by atoms with E-state index in [0.717, 1.165) is 11.1 Å². The summed E-state index contributed by atoms with van der Waals surface area (Å²) in [6.45, 7) is 0. The first-order chi connectivity index (χ1) is 8.58. The van der Waals surface area contributed by atoms with Crippen molar-refractivity contribution in [3.05, 3.63) is 62.9 Å². The molecule has 2 aromatic rings. The first-order valence-electron chi connectivity index (χ1n) is 5.25. The summed E-state index contributed by atoms with van der Waals surface area (Å²) in [5, 5.41) is 1.43. The largest absolute Gasteiger partial charge is 0.263 e. The molecular weight excluding hydrogens is 312 g/mol. The maximum Gasteiger partial charge on any atom is 0.0626 e. The third-order valence-corrected chi connectivity index (χ3v) is 4.05. The molecule has 0 bridgehead atoms. The number of hydrogen-bond acceptors (Lipinski definition) is 1. The lowest BCUT2D eigenvalue weighted by molar-refractivity contribution is 0.916. The third kappa shape index (κ3) is 3.30. The summed E-state index contributed by atoms with van der Waals surface area (Å²) in [6, 6.07) is 7.23. The minimum absolute atomic E-state index is 0.209. The number of benzene rings is 1. The molecule has 1 atom stereocenters. The fourth-order valence-electron chi connectivity index (χ4n) is 1.59. The quantitative estimate of drug-likeness (QED) is 0.674. The molecule has 0 aliphatic carbocycles. The molecule has 0 amide bonds. The Balaban J connectivity index is 2.19. The summed E-state index contributed by atoms with van der Waals surface area (Å²) in [5.41, 5.74) is 1.87. The van der Waals surface area contributed by atoms with Crippen LogP contribution in [0.4, 0.5) is 0 Å². The lowest BCUT2D eigenvalue weighted by Gasteiger charge is -2.11. The molecular formula is C13H9Cl4N. The maximum atomic E-state index is 6.36. The van der Waals surface area contributed by atoms with Gasteiger partial charge in [0.2, 0.25) is 0 Å². The van der Waals surface area contributed by atoms with Gasteiger partial charge in [-0.1, -0.05) is 40.9 Å². The molecule has 0 spiro atoms. The Hall–Kier alpha value is -0.470. The number of halogens is 4. The van der Waals surface area contributed by atoms with Crippen LogP contribution in [0.15, 0.2) is 36.7 Å². The number of nitrogens with zero attached hydrogens (tertiary/aromatic N) is 1. The van der Waals surface area contributed by atoms with Crippen molar-refractivity contribution < 1.29 is 0 Å². The fraction of sp³-hybridized carbons (Fsp3) is 0.154. The van der Waals surface area contributed by atoms with Crippen molar-refractivity contribution in [3.63, 3.8) is 0 Å². The van der Waals surface area contributed by atoms with Crippen molar-refractivity contribution in [3.8, 4) is 0 Å². The highest BCUT2D eigenvalue weighted by atomic mass is 35.5. The summed E-state index contributed by atoms with van der Waals surface area (Å²) in [7, 11) is 0. The average molecular weight is 321 g/mol. The standard InChI is InChI=1S/C13H9Cl4N/c14-10-2-1-8(6-12(10)16)11(15)5-9-3-4-18-7-13(9)17/h1-4,6-7,11H,5H2. The van der Waals surface area contributed by atoms with E-state index in [1.807, 2.05) is 12.1 Å². The van der Waals surface area contributed by atoms with Gasteiger partial charge >= 0.3 is 0 Å². The van der Waals surface area contributed by atoms with Gasteiger partial charge in [0.15, 0.2) is 0 Å². The Labute approximate surface area is 126 Å². The highest BCUT2D eigenvalue weighted by Crippen LogP contribution is 2.31. The van der Waals surface area contributed by atoms with Crippen molar-refractivity contribution in [2.75, 3.05) is 0 Å². The van der Waals surface area contributed by atoms with E-state index in [1.165, 1.54) is 0 Å². The van der Waals surface area contributed by atoms with Crippen molar-refractivity contribution in [2.24, 2.45) is 0 Å². The van der Waals surface area contributed by atoms with Gasteiger partial charge in [-0.3, -0.25) is 4.98 Å². The Morgan fingerprint density at radius 2 is 1.78 bits per heavy atom. The molecule has 0 aliphatic heterocycles. The Morgan fingerprint density at radius 3 is 2.44 bits per heavy atom. The molecule has 1 aromatic heterocycles. The molecule has 0 fully saturated rings. The second kappa shape index (κ2) is 6.12. The van der Waals surface area contributed by atoms with E-state index in [2.05, 4.69) is 4.98 Å². The van der Waals surface area contributed by atoms with Gasteiger partial charge in [-0.15, -0.1) is 11.6 Å². The van der Waals surface area contributed by atoms with Gasteiger partial charge in [-0.05, 0) is 35.7 Å². The van der Waals surface area contributed by atoms with Crippen LogP contribution in [-0.2, 0) is 6.42 Å². The van der Waals surface area contributed by atoms with Crippen LogP contribution in [0, 0.1) is 0 Å². The minimum Gasteiger partial charge on any atom is -0.263 e. The predicted molar refractivity (Wildman–Crippen MR) is 78.0 cm³/mol. The molecule has 18 heavy (non-hydrogen) atoms. The molecule has 94 valence electrons. The summed E-state index contributed by atoms with van der Waals surface area (Å²) >= 11 is 24.2. The Bertz CT molecular complexity index is 556. The molecule has 1 unspecified atom stereocenters. The van der Waals surface area contributed by atoms with Crippen LogP contribution in [0.2, 0.25) is 15.1 Å². The van der Waals surface area contributed by atoms with E-state index in [-0.39, 0.29) is 5.38 Å². The van der Waals surface area contributed by atoms with E-state index in [4.69, 9.17) is 46.4 Å². The van der Waals surface area contributed by atoms with E-state index < -0.39 is 0 Å². The second-order valence-electron chi connectivity index (χ2n) is 3.81. The second-order valence-corrected chi connectivity index (χ2v) is 5.56. The van der Waals surface area contributed by atoms with Crippen LogP contribution in [0.5, 0.6) is 0 Å². The van der Waals surface area contributed by atoms with Crippen LogP contribution < -0.4 is 0 Å². The van der Waals surface area contributed by atoms with Crippen LogP contribution in [0.1, 0.15) is 16.5 Å². The molecule has 0 saturated carbocycles. The number of alkyl halides is 1. The van der Waals surface area contributed by atoms with E-state index in [1.54, 1.807) is 24.5 Å². The molecule has 0 saturated heterocycles. The molecule has 1 aromatic carbocycles. The number of hydrogen-bond donors (Lipinski definition) is 0. The molecule has 0 radical (unpaired) electrons. The van der Waals surface area contributed by atoms with E-state index in [0.29, 0.717) is 21.5 Å². The van der Waals surface area contributed by atoms with Gasteiger partial charge in [-0.2, -0.15) is 0 Å². The van der Waals surface area contributed by atoms with Crippen molar-refractivity contribution in [1.82, 2.24) is 4.98 Å². The minimum atomic E-state index is -0.209. The topological polar surface area (TPSA) is 12.9 Å². The summed E-state index contributed by atoms with van der Waals surface area (Å²) < 4.78 is 0. The first-order valence-corrected chi connectivity index (χ1v) is 6.82. The van der Waals surface area contributed by atoms with Gasteiger partial charge in [0.1, 0.15) is 0 Å². The molecule has 5 heteroatoms. The van der Waals surface area contributed by atoms with Crippen molar-refractivity contribution >= 4 is 46.4 Å². The number of pyridine rings is 1. The monoisotopic (exact) mass is 319 g/mol. The van der Waals surface area contributed by atoms with Gasteiger partial charge in [0, 0.05) is 12.4 Å². The van der Waals surface area contributed by atoms with Gasteiger partial charge in [0.25, 0.3) is 0 Å². The Morgan fingerprint density at radius 1 is 1.00 bits per heavy atom. The predicted octanol–water partition coefficient (Wildman–Crippen LogP) is 5.56. The lowest BCUT2D eigenvalue weighted by atomic mass is 10.0. The lowest BCUT2D eigenvalue weighted by Crippen LogP contribution is -1.97. The van der Waals surface area contributed by atoms with E-state index in [9.17, 15) is 0 Å². The Kier molecular flexibility index (Phi) is 4.74. The zero-order chi connectivity index (χ0) is 13.1. The zero-order valence-corrected chi connectivity index (χ0v) is 12.2. The maximum absolute atomic E-state index is 6.36. The van der Waals surface area contributed by atoms with Crippen molar-refractivity contribution in [1.29, 1.82) is 0 Å². The van der Waals surface area contributed by atoms with Gasteiger partial charge in [-0.25, -0.2) is 0 Å². The smallest absolute Gasteiger partial charge is 0.0626 e. The number of aromatic nitrogens is 1. The average Bonchev–Trinajstić information content (AvgIpc) is 2.35. The van der Waals surface area contributed by atoms with Crippen LogP contribution in [0.25, 0.3) is 0 Å². The van der Waals surface area contributed by atoms with Gasteiger partial charge in [0.05, 0.1) is 20.4 Å². The summed E-state index contributed by atoms with van der Waals surface area (Å²) in [4.78, 5) is 3.94. The van der Waals surface area contributed by atoms with Crippen molar-refractivity contribution in [2.45, 2.75) is 11.8 Å². The molecule has 1 heterocycles. The molecule has 1 nitrogen and oxygen atoms in total. The summed E-state index contributed by atoms with van der Waals surface area (Å²) in [5.74, 6) is 0. The third-order valence-electron chi connectivity index (χ3n) is 2.56. The van der Waals surface area contributed by atoms with Crippen LogP contribution in [-0.4, -0.2) is 4.98 Å². The van der Waals surface area contributed by atoms with Gasteiger partial charge < -0.3 is 0 Å². The zero-order valence-electron chi connectivity index (χ0n) is 9.21. The highest BCUT2D eigenvalue weighted by Gasteiger charge is 2.12. The normalized spacial score (nSPS) is 12.4. The molecule has 0 aliphatic rings. The highest BCUT2D eigenvalue weighted by molar-refractivity contribution is 6.42. The molecule has 0 N–H and O–H groups in total. The fourth-order valence-corrected chi connectivity index (χ4v) is 2.39. The summed E-state index contributed by atoms with van der Waals surface area (Å²) in [6.07, 6.45) is 3.91. The SMILES string of the molecule is Clc1ccc(C(Cl)Cc2ccncc2Cl)cc1Cl. The van der Waals surface area contributed by atoms with Crippen LogP contribution in [0.3, 0.4) is 0 Å². The van der Waals surface area contributed by atoms with E-state index >= 15 is 0 Å². The molecule has 2 rings (SSSR count). The number of rotatable bonds is 3. The van der Waals surface area contributed by atoms with Crippen LogP contribution >= 0.6 is 46.4 Å². The first kappa shape index (κ1) is 14.0.